The fraction of sp³-hybridized carbons (Fsp3) is 0.429. The Balaban J connectivity index is 1.41. The van der Waals surface area contributed by atoms with Gasteiger partial charge < -0.3 is 5.32 Å². The number of anilines is 1. The maximum Gasteiger partial charge on any atom is 0.160 e. The van der Waals surface area contributed by atoms with E-state index in [-0.39, 0.29) is 0 Å². The van der Waals surface area contributed by atoms with E-state index in [4.69, 9.17) is 0 Å². The molecule has 26 heavy (non-hydrogen) atoms. The monoisotopic (exact) mass is 349 g/mol. The molecule has 136 valence electrons. The maximum atomic E-state index is 4.65. The lowest BCUT2D eigenvalue weighted by Gasteiger charge is -2.17. The molecule has 0 amide bonds. The average Bonchev–Trinajstić information content (AvgIpc) is 3.19. The molecule has 0 radical (unpaired) electrons. The van der Waals surface area contributed by atoms with Gasteiger partial charge in [-0.05, 0) is 45.2 Å². The first kappa shape index (κ1) is 17.0. The molecule has 5 nitrogen and oxygen atoms in total. The number of nitrogens with zero attached hydrogens (tertiary/aromatic N) is 4. The second-order valence-corrected chi connectivity index (χ2v) is 7.48. The van der Waals surface area contributed by atoms with E-state index >= 15 is 0 Å². The van der Waals surface area contributed by atoms with Crippen LogP contribution in [0, 0.1) is 26.7 Å². The third kappa shape index (κ3) is 3.44. The molecule has 4 rings (SSSR count). The van der Waals surface area contributed by atoms with Crippen LogP contribution in [0.1, 0.15) is 28.9 Å². The zero-order chi connectivity index (χ0) is 18.1. The number of hydrogen-bond donors (Lipinski definition) is 1. The smallest absolute Gasteiger partial charge is 0.160 e. The summed E-state index contributed by atoms with van der Waals surface area (Å²) >= 11 is 0. The van der Waals surface area contributed by atoms with E-state index in [2.05, 4.69) is 63.6 Å². The number of nitrogens with one attached hydrogen (secondary N) is 1. The normalized spacial score (nSPS) is 17.9. The topological polar surface area (TPSA) is 45.5 Å². The van der Waals surface area contributed by atoms with E-state index in [0.29, 0.717) is 5.92 Å². The van der Waals surface area contributed by atoms with Gasteiger partial charge in [-0.25, -0.2) is 4.98 Å². The van der Waals surface area contributed by atoms with E-state index in [1.54, 1.807) is 0 Å². The number of hydrogen-bond acceptors (Lipinski definition) is 4. The van der Waals surface area contributed by atoms with Crippen LogP contribution in [-0.4, -0.2) is 39.1 Å². The molecular weight excluding hydrogens is 322 g/mol. The molecule has 3 aromatic rings. The van der Waals surface area contributed by atoms with E-state index in [1.807, 2.05) is 18.4 Å². The highest BCUT2D eigenvalue weighted by molar-refractivity contribution is 5.55. The van der Waals surface area contributed by atoms with Gasteiger partial charge in [0.15, 0.2) is 5.65 Å². The van der Waals surface area contributed by atoms with Crippen LogP contribution in [0.15, 0.2) is 36.4 Å². The second kappa shape index (κ2) is 7.08. The number of fused-ring (bicyclic) bond motifs is 1. The Bertz CT molecular complexity index is 900. The van der Waals surface area contributed by atoms with Crippen molar-refractivity contribution in [1.29, 1.82) is 0 Å². The summed E-state index contributed by atoms with van der Waals surface area (Å²) in [5.74, 6) is 1.71. The summed E-state index contributed by atoms with van der Waals surface area (Å²) in [6, 6.07) is 12.8. The standard InChI is InChI=1S/C21H27N5/c1-15-11-20(26-21(23-15)16(2)17(3)24-26)22-12-19-9-10-25(14-19)13-18-7-5-4-6-8-18/h4-8,11,19,22H,9-10,12-14H2,1-3H3. The van der Waals surface area contributed by atoms with Gasteiger partial charge >= 0.3 is 0 Å². The predicted octanol–water partition coefficient (Wildman–Crippen LogP) is 3.59. The quantitative estimate of drug-likeness (QED) is 0.765. The van der Waals surface area contributed by atoms with Crippen LogP contribution >= 0.6 is 0 Å². The minimum Gasteiger partial charge on any atom is -0.370 e. The van der Waals surface area contributed by atoms with Crippen LogP contribution in [0.25, 0.3) is 5.65 Å². The number of aromatic nitrogens is 3. The van der Waals surface area contributed by atoms with Crippen LogP contribution in [0.2, 0.25) is 0 Å². The lowest BCUT2D eigenvalue weighted by Crippen LogP contribution is -2.23. The molecule has 0 saturated carbocycles. The lowest BCUT2D eigenvalue weighted by atomic mass is 10.1. The van der Waals surface area contributed by atoms with Gasteiger partial charge in [0.2, 0.25) is 0 Å². The number of benzene rings is 1. The van der Waals surface area contributed by atoms with E-state index in [9.17, 15) is 0 Å². The van der Waals surface area contributed by atoms with Crippen LogP contribution in [0.3, 0.4) is 0 Å². The summed E-state index contributed by atoms with van der Waals surface area (Å²) in [6.45, 7) is 10.5. The molecule has 1 unspecified atom stereocenters. The van der Waals surface area contributed by atoms with Crippen LogP contribution in [0.4, 0.5) is 5.82 Å². The average molecular weight is 349 g/mol. The molecule has 1 atom stereocenters. The molecular formula is C21H27N5. The van der Waals surface area contributed by atoms with Gasteiger partial charge in [-0.2, -0.15) is 9.61 Å². The van der Waals surface area contributed by atoms with Gasteiger partial charge in [0, 0.05) is 37.0 Å². The molecule has 0 spiro atoms. The third-order valence-electron chi connectivity index (χ3n) is 5.38. The summed E-state index contributed by atoms with van der Waals surface area (Å²) in [4.78, 5) is 7.20. The van der Waals surface area contributed by atoms with Crippen LogP contribution < -0.4 is 5.32 Å². The molecule has 0 bridgehead atoms. The van der Waals surface area contributed by atoms with Crippen molar-refractivity contribution >= 4 is 11.5 Å². The van der Waals surface area contributed by atoms with Crippen molar-refractivity contribution in [2.45, 2.75) is 33.7 Å². The zero-order valence-corrected chi connectivity index (χ0v) is 15.9. The van der Waals surface area contributed by atoms with Gasteiger partial charge in [-0.1, -0.05) is 30.3 Å². The van der Waals surface area contributed by atoms with Crippen molar-refractivity contribution in [3.05, 3.63) is 58.9 Å². The van der Waals surface area contributed by atoms with Crippen LogP contribution in [-0.2, 0) is 6.54 Å². The van der Waals surface area contributed by atoms with Crippen molar-refractivity contribution in [3.63, 3.8) is 0 Å². The summed E-state index contributed by atoms with van der Waals surface area (Å²) in [5, 5.41) is 8.28. The molecule has 3 heterocycles. The van der Waals surface area contributed by atoms with Gasteiger partial charge in [0.05, 0.1) is 5.69 Å². The Hall–Kier alpha value is -2.40. The molecule has 1 aliphatic rings. The Morgan fingerprint density at radius 3 is 2.77 bits per heavy atom. The Kier molecular flexibility index (Phi) is 4.64. The lowest BCUT2D eigenvalue weighted by molar-refractivity contribution is 0.319. The largest absolute Gasteiger partial charge is 0.370 e. The first-order valence-corrected chi connectivity index (χ1v) is 9.44. The molecule has 2 aromatic heterocycles. The fourth-order valence-corrected chi connectivity index (χ4v) is 3.79. The molecule has 1 N–H and O–H groups in total. The Morgan fingerprint density at radius 2 is 1.96 bits per heavy atom. The van der Waals surface area contributed by atoms with E-state index < -0.39 is 0 Å². The van der Waals surface area contributed by atoms with Crippen molar-refractivity contribution < 1.29 is 0 Å². The van der Waals surface area contributed by atoms with E-state index in [0.717, 1.165) is 48.1 Å². The second-order valence-electron chi connectivity index (χ2n) is 7.48. The Labute approximate surface area is 155 Å². The molecule has 1 aromatic carbocycles. The highest BCUT2D eigenvalue weighted by Crippen LogP contribution is 2.21. The van der Waals surface area contributed by atoms with Crippen molar-refractivity contribution in [3.8, 4) is 0 Å². The SMILES string of the molecule is Cc1cc(NCC2CCN(Cc3ccccc3)C2)n2nc(C)c(C)c2n1. The first-order chi connectivity index (χ1) is 12.6. The molecule has 1 saturated heterocycles. The number of likely N-dealkylation sites (tertiary alicyclic amines) is 1. The summed E-state index contributed by atoms with van der Waals surface area (Å²) < 4.78 is 1.95. The third-order valence-corrected chi connectivity index (χ3v) is 5.38. The summed E-state index contributed by atoms with van der Waals surface area (Å²) in [7, 11) is 0. The Morgan fingerprint density at radius 1 is 1.15 bits per heavy atom. The minimum absolute atomic E-state index is 0.667. The summed E-state index contributed by atoms with van der Waals surface area (Å²) in [5.41, 5.74) is 5.59. The van der Waals surface area contributed by atoms with Crippen LogP contribution in [0.5, 0.6) is 0 Å². The van der Waals surface area contributed by atoms with Gasteiger partial charge in [0.1, 0.15) is 5.82 Å². The first-order valence-electron chi connectivity index (χ1n) is 9.44. The molecule has 1 fully saturated rings. The molecule has 1 aliphatic heterocycles. The van der Waals surface area contributed by atoms with Gasteiger partial charge in [0.25, 0.3) is 0 Å². The van der Waals surface area contributed by atoms with Crippen molar-refractivity contribution in [2.75, 3.05) is 25.0 Å². The minimum atomic E-state index is 0.667. The predicted molar refractivity (Wildman–Crippen MR) is 106 cm³/mol. The number of aryl methyl sites for hydroxylation is 3. The van der Waals surface area contributed by atoms with Crippen molar-refractivity contribution in [1.82, 2.24) is 19.5 Å². The van der Waals surface area contributed by atoms with E-state index in [1.165, 1.54) is 18.5 Å². The number of rotatable bonds is 5. The highest BCUT2D eigenvalue weighted by atomic mass is 15.3. The maximum absolute atomic E-state index is 4.65. The van der Waals surface area contributed by atoms with Gasteiger partial charge in [-0.15, -0.1) is 0 Å². The zero-order valence-electron chi connectivity index (χ0n) is 15.9. The molecule has 0 aliphatic carbocycles. The summed E-state index contributed by atoms with van der Waals surface area (Å²) in [6.07, 6.45) is 1.24. The van der Waals surface area contributed by atoms with Gasteiger partial charge in [-0.3, -0.25) is 4.90 Å². The van der Waals surface area contributed by atoms with Crippen molar-refractivity contribution in [2.24, 2.45) is 5.92 Å². The highest BCUT2D eigenvalue weighted by Gasteiger charge is 2.22. The fourth-order valence-electron chi connectivity index (χ4n) is 3.79. The molecule has 5 heteroatoms.